The van der Waals surface area contributed by atoms with Crippen molar-refractivity contribution in [2.24, 2.45) is 0 Å². The average molecular weight is 306 g/mol. The predicted molar refractivity (Wildman–Crippen MR) is 71.8 cm³/mol. The summed E-state index contributed by atoms with van der Waals surface area (Å²) < 4.78 is 6.02. The van der Waals surface area contributed by atoms with Crippen molar-refractivity contribution in [1.82, 2.24) is 9.78 Å². The first-order valence-electron chi connectivity index (χ1n) is 6.02. The molecule has 0 aliphatic carbocycles. The minimum atomic E-state index is -0.676. The lowest BCUT2D eigenvalue weighted by atomic mass is 10.2. The Bertz CT molecular complexity index is 726. The van der Waals surface area contributed by atoms with E-state index in [9.17, 15) is 25.0 Å². The zero-order valence-electron chi connectivity index (χ0n) is 11.1. The van der Waals surface area contributed by atoms with E-state index in [1.54, 1.807) is 6.07 Å². The standard InChI is InChI=1S/C12H10N4O6/c17-12(7-14-5-4-11(13-14)16(20)21)22-8-9-2-1-3-10(6-9)15(18)19/h1-6H,7-8H2. The van der Waals surface area contributed by atoms with Crippen LogP contribution in [0.4, 0.5) is 11.5 Å². The van der Waals surface area contributed by atoms with Crippen LogP contribution in [0.1, 0.15) is 5.56 Å². The third-order valence-electron chi connectivity index (χ3n) is 2.63. The second-order valence-corrected chi connectivity index (χ2v) is 4.22. The number of esters is 1. The molecular formula is C12H10N4O6. The number of non-ortho nitro benzene ring substituents is 1. The first-order chi connectivity index (χ1) is 10.5. The Morgan fingerprint density at radius 3 is 2.64 bits per heavy atom. The van der Waals surface area contributed by atoms with Gasteiger partial charge in [-0.3, -0.25) is 10.1 Å². The smallest absolute Gasteiger partial charge is 0.389 e. The summed E-state index contributed by atoms with van der Waals surface area (Å²) in [5.41, 5.74) is 0.366. The molecule has 22 heavy (non-hydrogen) atoms. The second-order valence-electron chi connectivity index (χ2n) is 4.22. The minimum Gasteiger partial charge on any atom is -0.459 e. The van der Waals surface area contributed by atoms with Gasteiger partial charge in [-0.15, -0.1) is 0 Å². The summed E-state index contributed by atoms with van der Waals surface area (Å²) in [6, 6.07) is 6.85. The summed E-state index contributed by atoms with van der Waals surface area (Å²) in [5.74, 6) is -1.03. The maximum absolute atomic E-state index is 11.6. The van der Waals surface area contributed by atoms with E-state index in [0.29, 0.717) is 5.56 Å². The number of hydrogen-bond acceptors (Lipinski definition) is 7. The van der Waals surface area contributed by atoms with Gasteiger partial charge in [0.2, 0.25) is 0 Å². The number of rotatable bonds is 6. The Balaban J connectivity index is 1.91. The van der Waals surface area contributed by atoms with Crippen LogP contribution in [0.2, 0.25) is 0 Å². The highest BCUT2D eigenvalue weighted by Gasteiger charge is 2.14. The predicted octanol–water partition coefficient (Wildman–Crippen LogP) is 1.44. The third kappa shape index (κ3) is 3.85. The van der Waals surface area contributed by atoms with E-state index in [2.05, 4.69) is 5.10 Å². The Morgan fingerprint density at radius 1 is 1.23 bits per heavy atom. The fourth-order valence-electron chi connectivity index (χ4n) is 1.64. The van der Waals surface area contributed by atoms with Crippen molar-refractivity contribution in [3.63, 3.8) is 0 Å². The molecule has 0 saturated carbocycles. The highest BCUT2D eigenvalue weighted by atomic mass is 16.6. The fraction of sp³-hybridized carbons (Fsp3) is 0.167. The van der Waals surface area contributed by atoms with E-state index in [0.717, 1.165) is 10.7 Å². The molecule has 2 aromatic rings. The van der Waals surface area contributed by atoms with Crippen molar-refractivity contribution in [2.45, 2.75) is 13.2 Å². The molecule has 1 heterocycles. The largest absolute Gasteiger partial charge is 0.459 e. The molecule has 0 amide bonds. The normalized spacial score (nSPS) is 10.2. The van der Waals surface area contributed by atoms with E-state index in [-0.39, 0.29) is 24.7 Å². The van der Waals surface area contributed by atoms with Crippen LogP contribution in [0.5, 0.6) is 0 Å². The lowest BCUT2D eigenvalue weighted by Gasteiger charge is -2.03. The van der Waals surface area contributed by atoms with Crippen molar-refractivity contribution in [3.8, 4) is 0 Å². The van der Waals surface area contributed by atoms with Gasteiger partial charge in [-0.05, 0) is 10.5 Å². The van der Waals surface area contributed by atoms with Crippen LogP contribution in [0.25, 0.3) is 0 Å². The zero-order chi connectivity index (χ0) is 16.1. The molecule has 0 saturated heterocycles. The van der Waals surface area contributed by atoms with Crippen molar-refractivity contribution in [2.75, 3.05) is 0 Å². The molecular weight excluding hydrogens is 296 g/mol. The van der Waals surface area contributed by atoms with Gasteiger partial charge in [0, 0.05) is 12.1 Å². The summed E-state index contributed by atoms with van der Waals surface area (Å²) in [4.78, 5) is 31.5. The van der Waals surface area contributed by atoms with Crippen LogP contribution in [0.15, 0.2) is 36.5 Å². The number of aromatic nitrogens is 2. The van der Waals surface area contributed by atoms with E-state index in [4.69, 9.17) is 4.74 Å². The number of nitro benzene ring substituents is 1. The molecule has 10 heteroatoms. The van der Waals surface area contributed by atoms with Gasteiger partial charge in [-0.25, -0.2) is 4.79 Å². The van der Waals surface area contributed by atoms with Gasteiger partial charge in [0.1, 0.15) is 6.61 Å². The lowest BCUT2D eigenvalue weighted by Crippen LogP contribution is -2.14. The number of nitro groups is 2. The maximum atomic E-state index is 11.6. The molecule has 2 rings (SSSR count). The Labute approximate surface area is 123 Å². The van der Waals surface area contributed by atoms with Crippen LogP contribution >= 0.6 is 0 Å². The molecule has 1 aromatic heterocycles. The first kappa shape index (κ1) is 15.1. The first-order valence-corrected chi connectivity index (χ1v) is 6.02. The Kier molecular flexibility index (Phi) is 4.41. The van der Waals surface area contributed by atoms with Crippen LogP contribution in [0.3, 0.4) is 0 Å². The number of benzene rings is 1. The van der Waals surface area contributed by atoms with Gasteiger partial charge >= 0.3 is 11.8 Å². The fourth-order valence-corrected chi connectivity index (χ4v) is 1.64. The van der Waals surface area contributed by atoms with Crippen LogP contribution in [-0.4, -0.2) is 25.6 Å². The monoisotopic (exact) mass is 306 g/mol. The number of carbonyl (C=O) groups excluding carboxylic acids is 1. The molecule has 0 aliphatic heterocycles. The van der Waals surface area contributed by atoms with Gasteiger partial charge in [-0.2, -0.15) is 4.68 Å². The quantitative estimate of drug-likeness (QED) is 0.448. The van der Waals surface area contributed by atoms with Crippen molar-refractivity contribution >= 4 is 17.5 Å². The Hall–Kier alpha value is -3.30. The van der Waals surface area contributed by atoms with Crippen LogP contribution < -0.4 is 0 Å². The highest BCUT2D eigenvalue weighted by molar-refractivity contribution is 5.69. The van der Waals surface area contributed by atoms with E-state index in [1.807, 2.05) is 0 Å². The van der Waals surface area contributed by atoms with Crippen molar-refractivity contribution < 1.29 is 19.4 Å². The number of nitrogens with zero attached hydrogens (tertiary/aromatic N) is 4. The van der Waals surface area contributed by atoms with Crippen molar-refractivity contribution in [3.05, 3.63) is 62.3 Å². The molecule has 10 nitrogen and oxygen atoms in total. The van der Waals surface area contributed by atoms with Gasteiger partial charge in [0.25, 0.3) is 5.69 Å². The van der Waals surface area contributed by atoms with E-state index >= 15 is 0 Å². The molecule has 0 fully saturated rings. The van der Waals surface area contributed by atoms with E-state index in [1.165, 1.54) is 24.4 Å². The van der Waals surface area contributed by atoms with Crippen LogP contribution in [-0.2, 0) is 22.7 Å². The van der Waals surface area contributed by atoms with Gasteiger partial charge in [-0.1, -0.05) is 12.1 Å². The van der Waals surface area contributed by atoms with E-state index < -0.39 is 15.8 Å². The number of ether oxygens (including phenoxy) is 1. The molecule has 1 aromatic carbocycles. The highest BCUT2D eigenvalue weighted by Crippen LogP contribution is 2.14. The SMILES string of the molecule is O=C(Cn1ccc([N+](=O)[O-])n1)OCc1cccc([N+](=O)[O-])c1. The minimum absolute atomic E-state index is 0.101. The van der Waals surface area contributed by atoms with Gasteiger partial charge in [0.15, 0.2) is 6.54 Å². The molecule has 0 bridgehead atoms. The summed E-state index contributed by atoms with van der Waals surface area (Å²) in [5, 5.41) is 24.6. The van der Waals surface area contributed by atoms with Gasteiger partial charge in [0.05, 0.1) is 22.3 Å². The summed E-state index contributed by atoms with van der Waals surface area (Å²) in [6.45, 7) is -0.424. The summed E-state index contributed by atoms with van der Waals surface area (Å²) in [6.07, 6.45) is 1.28. The summed E-state index contributed by atoms with van der Waals surface area (Å²) in [7, 11) is 0. The third-order valence-corrected chi connectivity index (χ3v) is 2.63. The van der Waals surface area contributed by atoms with Crippen molar-refractivity contribution in [1.29, 1.82) is 0 Å². The topological polar surface area (TPSA) is 130 Å². The summed E-state index contributed by atoms with van der Waals surface area (Å²) >= 11 is 0. The number of carbonyl (C=O) groups is 1. The molecule has 114 valence electrons. The number of hydrogen-bond donors (Lipinski definition) is 0. The lowest BCUT2D eigenvalue weighted by molar-refractivity contribution is -0.389. The molecule has 0 radical (unpaired) electrons. The van der Waals surface area contributed by atoms with Crippen LogP contribution in [0, 0.1) is 20.2 Å². The second kappa shape index (κ2) is 6.43. The van der Waals surface area contributed by atoms with Gasteiger partial charge < -0.3 is 14.9 Å². The molecule has 0 N–H and O–H groups in total. The molecule has 0 spiro atoms. The maximum Gasteiger partial charge on any atom is 0.389 e. The molecule has 0 aliphatic rings. The zero-order valence-corrected chi connectivity index (χ0v) is 11.1. The average Bonchev–Trinajstić information content (AvgIpc) is 2.94. The molecule has 0 unspecified atom stereocenters. The Morgan fingerprint density at radius 2 is 2.00 bits per heavy atom. The molecule has 0 atom stereocenters.